The van der Waals surface area contributed by atoms with Crippen molar-refractivity contribution in [3.8, 4) is 11.5 Å². The van der Waals surface area contributed by atoms with Crippen LogP contribution in [0.3, 0.4) is 0 Å². The normalized spacial score (nSPS) is 41.3. The van der Waals surface area contributed by atoms with E-state index in [0.29, 0.717) is 18.6 Å². The number of carbonyl (C=O) groups is 1. The van der Waals surface area contributed by atoms with Gasteiger partial charge in [0.2, 0.25) is 6.79 Å². The van der Waals surface area contributed by atoms with Gasteiger partial charge in [0.05, 0.1) is 18.1 Å². The number of esters is 1. The highest BCUT2D eigenvalue weighted by molar-refractivity contribution is 5.75. The van der Waals surface area contributed by atoms with E-state index in [1.54, 1.807) is 0 Å². The maximum atomic E-state index is 13.0. The van der Waals surface area contributed by atoms with Gasteiger partial charge in [-0.25, -0.2) is 0 Å². The average molecular weight is 469 g/mol. The molecule has 0 bridgehead atoms. The lowest BCUT2D eigenvalue weighted by Gasteiger charge is -2.51. The molecule has 0 aromatic heterocycles. The highest BCUT2D eigenvalue weighted by atomic mass is 16.7. The standard InChI is InChI=1S/C27H36N2O5/c1-26-5-2-6-27(16-33-27)24(26)12-19-20(25(30)34-23(19)13-26)15-29-9-7-28(8-10-29)14-18-3-4-21-22(11-18)32-17-31-21/h3-4,11,19-20,23-24H,2,5-10,12-17H2,1H3/t19-,20+,23-,24+,26-,27+/m1/s1. The fourth-order valence-corrected chi connectivity index (χ4v) is 7.87. The number of fused-ring (bicyclic) bond motifs is 4. The summed E-state index contributed by atoms with van der Waals surface area (Å²) in [6, 6.07) is 6.24. The molecule has 3 saturated heterocycles. The molecule has 1 aromatic carbocycles. The molecule has 5 fully saturated rings. The summed E-state index contributed by atoms with van der Waals surface area (Å²) in [6.07, 6.45) is 5.94. The first-order chi connectivity index (χ1) is 16.5. The van der Waals surface area contributed by atoms with Gasteiger partial charge in [0.25, 0.3) is 0 Å². The van der Waals surface area contributed by atoms with Crippen LogP contribution >= 0.6 is 0 Å². The minimum absolute atomic E-state index is 0.0210. The molecule has 6 atom stereocenters. The number of hydrogen-bond donors (Lipinski definition) is 0. The Morgan fingerprint density at radius 1 is 1.06 bits per heavy atom. The molecule has 6 aliphatic rings. The first kappa shape index (κ1) is 21.5. The van der Waals surface area contributed by atoms with E-state index in [2.05, 4.69) is 28.9 Å². The van der Waals surface area contributed by atoms with Crippen LogP contribution in [0.1, 0.15) is 44.6 Å². The topological polar surface area (TPSA) is 63.8 Å². The first-order valence-electron chi connectivity index (χ1n) is 13.2. The largest absolute Gasteiger partial charge is 0.462 e. The summed E-state index contributed by atoms with van der Waals surface area (Å²) in [6.45, 7) is 9.46. The van der Waals surface area contributed by atoms with E-state index in [9.17, 15) is 4.79 Å². The molecule has 2 aliphatic carbocycles. The van der Waals surface area contributed by atoms with Crippen molar-refractivity contribution >= 4 is 5.97 Å². The fourth-order valence-electron chi connectivity index (χ4n) is 7.87. The van der Waals surface area contributed by atoms with Crippen molar-refractivity contribution in [1.82, 2.24) is 9.80 Å². The van der Waals surface area contributed by atoms with E-state index < -0.39 is 0 Å². The summed E-state index contributed by atoms with van der Waals surface area (Å²) in [4.78, 5) is 18.0. The number of benzene rings is 1. The van der Waals surface area contributed by atoms with Crippen molar-refractivity contribution in [3.63, 3.8) is 0 Å². The third kappa shape index (κ3) is 3.54. The molecule has 1 aromatic rings. The number of ether oxygens (including phenoxy) is 4. The van der Waals surface area contributed by atoms with Crippen LogP contribution in [-0.2, 0) is 20.8 Å². The minimum atomic E-state index is 0.0210. The Hall–Kier alpha value is -1.83. The summed E-state index contributed by atoms with van der Waals surface area (Å²) in [7, 11) is 0. The van der Waals surface area contributed by atoms with E-state index in [0.717, 1.165) is 70.2 Å². The van der Waals surface area contributed by atoms with Crippen LogP contribution < -0.4 is 9.47 Å². The number of hydrogen-bond acceptors (Lipinski definition) is 7. The molecule has 4 aliphatic heterocycles. The lowest BCUT2D eigenvalue weighted by Crippen LogP contribution is -2.52. The van der Waals surface area contributed by atoms with E-state index in [4.69, 9.17) is 18.9 Å². The zero-order chi connectivity index (χ0) is 22.9. The van der Waals surface area contributed by atoms with Crippen molar-refractivity contribution in [2.24, 2.45) is 23.2 Å². The fraction of sp³-hybridized carbons (Fsp3) is 0.741. The highest BCUT2D eigenvalue weighted by Crippen LogP contribution is 2.62. The molecule has 7 rings (SSSR count). The Morgan fingerprint density at radius 2 is 1.85 bits per heavy atom. The van der Waals surface area contributed by atoms with Gasteiger partial charge in [-0.2, -0.15) is 0 Å². The van der Waals surface area contributed by atoms with Crippen LogP contribution in [-0.4, -0.2) is 73.6 Å². The van der Waals surface area contributed by atoms with Gasteiger partial charge in [-0.1, -0.05) is 13.0 Å². The molecule has 0 radical (unpaired) electrons. The van der Waals surface area contributed by atoms with Crippen molar-refractivity contribution in [2.75, 3.05) is 46.1 Å². The van der Waals surface area contributed by atoms with Crippen LogP contribution in [0.25, 0.3) is 0 Å². The van der Waals surface area contributed by atoms with Gasteiger partial charge < -0.3 is 18.9 Å². The van der Waals surface area contributed by atoms with E-state index in [1.807, 2.05) is 6.07 Å². The van der Waals surface area contributed by atoms with Gasteiger partial charge in [-0.05, 0) is 61.1 Å². The number of epoxide rings is 1. The monoisotopic (exact) mass is 468 g/mol. The number of nitrogens with zero attached hydrogens (tertiary/aromatic N) is 2. The first-order valence-corrected chi connectivity index (χ1v) is 13.2. The second-order valence-corrected chi connectivity index (χ2v) is 11.9. The third-order valence-electron chi connectivity index (χ3n) is 9.84. The predicted octanol–water partition coefficient (Wildman–Crippen LogP) is 3.06. The molecule has 7 nitrogen and oxygen atoms in total. The summed E-state index contributed by atoms with van der Waals surface area (Å²) in [5, 5.41) is 0. The Balaban J connectivity index is 0.971. The molecule has 4 heterocycles. The highest BCUT2D eigenvalue weighted by Gasteiger charge is 2.65. The number of carbonyl (C=O) groups excluding carboxylic acids is 1. The molecule has 0 amide bonds. The summed E-state index contributed by atoms with van der Waals surface area (Å²) < 4.78 is 23.0. The van der Waals surface area contributed by atoms with Gasteiger partial charge >= 0.3 is 5.97 Å². The van der Waals surface area contributed by atoms with Gasteiger partial charge in [0.15, 0.2) is 11.5 Å². The van der Waals surface area contributed by atoms with Crippen LogP contribution in [0.5, 0.6) is 11.5 Å². The molecular weight excluding hydrogens is 432 g/mol. The quantitative estimate of drug-likeness (QED) is 0.497. The molecule has 34 heavy (non-hydrogen) atoms. The molecule has 1 spiro atoms. The Kier molecular flexibility index (Phi) is 4.94. The van der Waals surface area contributed by atoms with E-state index >= 15 is 0 Å². The Morgan fingerprint density at radius 3 is 2.68 bits per heavy atom. The van der Waals surface area contributed by atoms with Gasteiger partial charge in [-0.3, -0.25) is 14.6 Å². The maximum absolute atomic E-state index is 13.0. The van der Waals surface area contributed by atoms with Crippen LogP contribution in [0.15, 0.2) is 18.2 Å². The zero-order valence-corrected chi connectivity index (χ0v) is 20.2. The Labute approximate surface area is 201 Å². The second kappa shape index (κ2) is 7.84. The van der Waals surface area contributed by atoms with Crippen LogP contribution in [0, 0.1) is 23.2 Å². The number of piperazine rings is 1. The molecule has 7 heteroatoms. The lowest BCUT2D eigenvalue weighted by molar-refractivity contribution is -0.147. The maximum Gasteiger partial charge on any atom is 0.310 e. The van der Waals surface area contributed by atoms with Crippen LogP contribution in [0.2, 0.25) is 0 Å². The van der Waals surface area contributed by atoms with Crippen molar-refractivity contribution < 1.29 is 23.7 Å². The molecule has 184 valence electrons. The van der Waals surface area contributed by atoms with Gasteiger partial charge in [0.1, 0.15) is 6.10 Å². The predicted molar refractivity (Wildman–Crippen MR) is 125 cm³/mol. The van der Waals surface area contributed by atoms with Crippen LogP contribution in [0.4, 0.5) is 0 Å². The van der Waals surface area contributed by atoms with E-state index in [-0.39, 0.29) is 29.0 Å². The van der Waals surface area contributed by atoms with Gasteiger partial charge in [0, 0.05) is 45.2 Å². The molecule has 2 saturated carbocycles. The lowest BCUT2D eigenvalue weighted by atomic mass is 9.53. The Bertz CT molecular complexity index is 972. The minimum Gasteiger partial charge on any atom is -0.462 e. The zero-order valence-electron chi connectivity index (χ0n) is 20.2. The second-order valence-electron chi connectivity index (χ2n) is 11.9. The van der Waals surface area contributed by atoms with Crippen molar-refractivity contribution in [1.29, 1.82) is 0 Å². The number of rotatable bonds is 4. The summed E-state index contributed by atoms with van der Waals surface area (Å²) in [5.41, 5.74) is 1.65. The van der Waals surface area contributed by atoms with Gasteiger partial charge in [-0.15, -0.1) is 0 Å². The average Bonchev–Trinajstić information content (AvgIpc) is 3.31. The molecule has 0 unspecified atom stereocenters. The molecule has 0 N–H and O–H groups in total. The van der Waals surface area contributed by atoms with E-state index in [1.165, 1.54) is 24.8 Å². The van der Waals surface area contributed by atoms with Crippen molar-refractivity contribution in [3.05, 3.63) is 23.8 Å². The third-order valence-corrected chi connectivity index (χ3v) is 9.84. The summed E-state index contributed by atoms with van der Waals surface area (Å²) >= 11 is 0. The SMILES string of the molecule is C[C@]12CCC[C@]3(CO3)[C@H]1C[C@@H]1[C@H](CN3CCN(Cc4ccc5c(c4)OCO5)CC3)C(=O)O[C@@H]1C2. The summed E-state index contributed by atoms with van der Waals surface area (Å²) in [5.74, 6) is 2.71. The smallest absolute Gasteiger partial charge is 0.310 e. The van der Waals surface area contributed by atoms with Crippen molar-refractivity contribution in [2.45, 2.75) is 57.3 Å². The molecular formula is C27H36N2O5.